The summed E-state index contributed by atoms with van der Waals surface area (Å²) in [7, 11) is 0. The Bertz CT molecular complexity index is 369. The molecule has 1 fully saturated rings. The molecule has 1 aromatic rings. The van der Waals surface area contributed by atoms with E-state index in [-0.39, 0.29) is 0 Å². The molecule has 1 atom stereocenters. The van der Waals surface area contributed by atoms with Crippen LogP contribution in [0.2, 0.25) is 0 Å². The predicted molar refractivity (Wildman–Crippen MR) is 80.5 cm³/mol. The molecule has 0 aliphatic heterocycles. The maximum absolute atomic E-state index is 9.29. The first-order valence-corrected chi connectivity index (χ1v) is 7.71. The van der Waals surface area contributed by atoms with Crippen molar-refractivity contribution in [3.63, 3.8) is 0 Å². The summed E-state index contributed by atoms with van der Waals surface area (Å²) in [6.45, 7) is 7.16. The van der Waals surface area contributed by atoms with Crippen LogP contribution < -0.4 is 0 Å². The summed E-state index contributed by atoms with van der Waals surface area (Å²) in [5, 5.41) is 9.29. The van der Waals surface area contributed by atoms with Gasteiger partial charge in [0.2, 0.25) is 0 Å². The van der Waals surface area contributed by atoms with Gasteiger partial charge in [-0.2, -0.15) is 0 Å². The number of phenols is 1. The van der Waals surface area contributed by atoms with E-state index in [4.69, 9.17) is 0 Å². The van der Waals surface area contributed by atoms with Crippen LogP contribution in [0.3, 0.4) is 0 Å². The molecule has 0 saturated heterocycles. The van der Waals surface area contributed by atoms with Crippen molar-refractivity contribution in [2.75, 3.05) is 13.1 Å². The third-order valence-corrected chi connectivity index (χ3v) is 4.11. The van der Waals surface area contributed by atoms with Crippen LogP contribution >= 0.6 is 0 Å². The van der Waals surface area contributed by atoms with Crippen molar-refractivity contribution in [2.24, 2.45) is 5.92 Å². The predicted octanol–water partition coefficient (Wildman–Crippen LogP) is 3.84. The van der Waals surface area contributed by atoms with E-state index in [1.54, 1.807) is 12.1 Å². The van der Waals surface area contributed by atoms with Crippen LogP contribution in [0.1, 0.15) is 45.1 Å². The Kier molecular flexibility index (Phi) is 5.26. The monoisotopic (exact) mass is 261 g/mol. The number of aromatic hydroxyl groups is 1. The Morgan fingerprint density at radius 1 is 1.26 bits per heavy atom. The summed E-state index contributed by atoms with van der Waals surface area (Å²) in [6.07, 6.45) is 6.43. The molecule has 106 valence electrons. The number of phenolic OH excluding ortho intramolecular Hbond substituents is 1. The second-order valence-electron chi connectivity index (χ2n) is 5.99. The molecule has 0 radical (unpaired) electrons. The minimum atomic E-state index is 0.359. The Morgan fingerprint density at radius 3 is 2.53 bits per heavy atom. The minimum absolute atomic E-state index is 0.359. The molecule has 1 saturated carbocycles. The zero-order valence-electron chi connectivity index (χ0n) is 12.3. The standard InChI is InChI=1S/C17H27NO/c1-3-12-18(13-16-6-7-16)14(2)4-5-15-8-10-17(19)11-9-15/h8-11,14,16,19H,3-7,12-13H2,1-2H3/t14-/m0/s1. The summed E-state index contributed by atoms with van der Waals surface area (Å²) in [4.78, 5) is 2.66. The van der Waals surface area contributed by atoms with Gasteiger partial charge in [0.15, 0.2) is 0 Å². The molecule has 0 aromatic heterocycles. The van der Waals surface area contributed by atoms with Crippen LogP contribution in [-0.2, 0) is 6.42 Å². The highest BCUT2D eigenvalue weighted by atomic mass is 16.3. The molecule has 0 bridgehead atoms. The maximum Gasteiger partial charge on any atom is 0.115 e. The van der Waals surface area contributed by atoms with Gasteiger partial charge in [-0.25, -0.2) is 0 Å². The molecule has 1 aromatic carbocycles. The van der Waals surface area contributed by atoms with Gasteiger partial charge in [-0.3, -0.25) is 0 Å². The third kappa shape index (κ3) is 4.87. The fourth-order valence-electron chi connectivity index (χ4n) is 2.63. The Hall–Kier alpha value is -1.02. The lowest BCUT2D eigenvalue weighted by Crippen LogP contribution is -2.35. The first-order valence-electron chi connectivity index (χ1n) is 7.71. The summed E-state index contributed by atoms with van der Waals surface area (Å²) in [5.74, 6) is 1.33. The summed E-state index contributed by atoms with van der Waals surface area (Å²) in [5.41, 5.74) is 1.33. The van der Waals surface area contributed by atoms with Gasteiger partial charge in [-0.15, -0.1) is 0 Å². The lowest BCUT2D eigenvalue weighted by molar-refractivity contribution is 0.191. The van der Waals surface area contributed by atoms with Crippen molar-refractivity contribution in [1.82, 2.24) is 4.90 Å². The van der Waals surface area contributed by atoms with E-state index >= 15 is 0 Å². The van der Waals surface area contributed by atoms with Gasteiger partial charge >= 0.3 is 0 Å². The van der Waals surface area contributed by atoms with Gasteiger partial charge in [-0.1, -0.05) is 19.1 Å². The first kappa shape index (κ1) is 14.4. The molecule has 2 nitrogen and oxygen atoms in total. The second kappa shape index (κ2) is 6.95. The highest BCUT2D eigenvalue weighted by Crippen LogP contribution is 2.30. The maximum atomic E-state index is 9.29. The fraction of sp³-hybridized carbons (Fsp3) is 0.647. The number of rotatable bonds is 8. The molecule has 1 aliphatic carbocycles. The van der Waals surface area contributed by atoms with E-state index in [0.29, 0.717) is 11.8 Å². The van der Waals surface area contributed by atoms with Crippen molar-refractivity contribution in [3.8, 4) is 5.75 Å². The largest absolute Gasteiger partial charge is 0.508 e. The van der Waals surface area contributed by atoms with Crippen molar-refractivity contribution >= 4 is 0 Å². The van der Waals surface area contributed by atoms with Crippen LogP contribution in [0, 0.1) is 5.92 Å². The molecule has 2 rings (SSSR count). The first-order chi connectivity index (χ1) is 9.19. The molecule has 0 amide bonds. The van der Waals surface area contributed by atoms with Gasteiger partial charge in [-0.05, 0) is 69.2 Å². The number of benzene rings is 1. The van der Waals surface area contributed by atoms with E-state index in [2.05, 4.69) is 18.7 Å². The molecule has 0 heterocycles. The van der Waals surface area contributed by atoms with Crippen LogP contribution in [0.15, 0.2) is 24.3 Å². The molecular weight excluding hydrogens is 234 g/mol. The lowest BCUT2D eigenvalue weighted by Gasteiger charge is -2.29. The summed E-state index contributed by atoms with van der Waals surface area (Å²) < 4.78 is 0. The smallest absolute Gasteiger partial charge is 0.115 e. The zero-order chi connectivity index (χ0) is 13.7. The van der Waals surface area contributed by atoms with Crippen molar-refractivity contribution in [2.45, 2.75) is 52.0 Å². The Labute approximate surface area is 117 Å². The molecule has 0 unspecified atom stereocenters. The zero-order valence-corrected chi connectivity index (χ0v) is 12.3. The number of hydrogen-bond donors (Lipinski definition) is 1. The molecule has 19 heavy (non-hydrogen) atoms. The van der Waals surface area contributed by atoms with E-state index in [1.807, 2.05) is 12.1 Å². The SMILES string of the molecule is CCCN(CC1CC1)[C@@H](C)CCc1ccc(O)cc1. The highest BCUT2D eigenvalue weighted by molar-refractivity contribution is 5.25. The van der Waals surface area contributed by atoms with Crippen LogP contribution in [0.4, 0.5) is 0 Å². The van der Waals surface area contributed by atoms with Crippen LogP contribution in [0.5, 0.6) is 5.75 Å². The molecule has 2 heteroatoms. The van der Waals surface area contributed by atoms with Gasteiger partial charge < -0.3 is 10.0 Å². The van der Waals surface area contributed by atoms with Gasteiger partial charge in [0.05, 0.1) is 0 Å². The minimum Gasteiger partial charge on any atom is -0.508 e. The Morgan fingerprint density at radius 2 is 1.95 bits per heavy atom. The Balaban J connectivity index is 1.80. The normalized spacial score (nSPS) is 16.8. The van der Waals surface area contributed by atoms with Crippen LogP contribution in [0.25, 0.3) is 0 Å². The average Bonchev–Trinajstić information content (AvgIpc) is 3.21. The fourth-order valence-corrected chi connectivity index (χ4v) is 2.63. The summed E-state index contributed by atoms with van der Waals surface area (Å²) in [6, 6.07) is 8.30. The van der Waals surface area contributed by atoms with Crippen molar-refractivity contribution in [1.29, 1.82) is 0 Å². The second-order valence-corrected chi connectivity index (χ2v) is 5.99. The lowest BCUT2D eigenvalue weighted by atomic mass is 10.0. The quantitative estimate of drug-likeness (QED) is 0.768. The van der Waals surface area contributed by atoms with E-state index in [9.17, 15) is 5.11 Å². The van der Waals surface area contributed by atoms with Gasteiger partial charge in [0.25, 0.3) is 0 Å². The van der Waals surface area contributed by atoms with Crippen LogP contribution in [-0.4, -0.2) is 29.1 Å². The van der Waals surface area contributed by atoms with Crippen molar-refractivity contribution in [3.05, 3.63) is 29.8 Å². The summed E-state index contributed by atoms with van der Waals surface area (Å²) >= 11 is 0. The van der Waals surface area contributed by atoms with Gasteiger partial charge in [0.1, 0.15) is 5.75 Å². The number of hydrogen-bond acceptors (Lipinski definition) is 2. The molecule has 1 N–H and O–H groups in total. The van der Waals surface area contributed by atoms with E-state index < -0.39 is 0 Å². The third-order valence-electron chi connectivity index (χ3n) is 4.11. The molecular formula is C17H27NO. The van der Waals surface area contributed by atoms with Gasteiger partial charge in [0, 0.05) is 12.6 Å². The molecule has 1 aliphatic rings. The number of nitrogens with zero attached hydrogens (tertiary/aromatic N) is 1. The topological polar surface area (TPSA) is 23.5 Å². The average molecular weight is 261 g/mol. The highest BCUT2D eigenvalue weighted by Gasteiger charge is 2.25. The van der Waals surface area contributed by atoms with E-state index in [1.165, 1.54) is 44.3 Å². The van der Waals surface area contributed by atoms with E-state index in [0.717, 1.165) is 12.3 Å². The van der Waals surface area contributed by atoms with Crippen molar-refractivity contribution < 1.29 is 5.11 Å². The molecule has 0 spiro atoms. The number of aryl methyl sites for hydroxylation is 1.